The van der Waals surface area contributed by atoms with E-state index in [1.807, 2.05) is 12.1 Å². The van der Waals surface area contributed by atoms with E-state index >= 15 is 0 Å². The summed E-state index contributed by atoms with van der Waals surface area (Å²) in [5, 5.41) is 9.43. The summed E-state index contributed by atoms with van der Waals surface area (Å²) in [6.07, 6.45) is 0.941. The number of nitrogens with zero attached hydrogens (tertiary/aromatic N) is 2. The van der Waals surface area contributed by atoms with Crippen LogP contribution >= 0.6 is 0 Å². The zero-order chi connectivity index (χ0) is 12.5. The second-order valence-corrected chi connectivity index (χ2v) is 4.15. The van der Waals surface area contributed by atoms with E-state index in [0.29, 0.717) is 11.4 Å². The van der Waals surface area contributed by atoms with Gasteiger partial charge in [0.05, 0.1) is 0 Å². The number of nitrogens with one attached hydrogen (secondary N) is 2. The monoisotopic (exact) mass is 244 g/mol. The predicted octanol–water partition coefficient (Wildman–Crippen LogP) is 1.60. The average Bonchev–Trinajstić information content (AvgIpc) is 2.96. The van der Waals surface area contributed by atoms with Gasteiger partial charge in [-0.05, 0) is 37.1 Å². The van der Waals surface area contributed by atoms with E-state index in [1.165, 1.54) is 0 Å². The summed E-state index contributed by atoms with van der Waals surface area (Å²) in [5.74, 6) is 0.247. The number of carbonyl (C=O) groups excluding carboxylic acids is 1. The minimum absolute atomic E-state index is 0.121. The molecule has 3 rings (SSSR count). The first-order chi connectivity index (χ1) is 8.72. The van der Waals surface area contributed by atoms with Crippen molar-refractivity contribution in [3.05, 3.63) is 35.2 Å². The van der Waals surface area contributed by atoms with Crippen molar-refractivity contribution in [2.75, 3.05) is 17.2 Å². The van der Waals surface area contributed by atoms with Gasteiger partial charge in [-0.1, -0.05) is 5.16 Å². The van der Waals surface area contributed by atoms with Crippen LogP contribution in [0.15, 0.2) is 22.7 Å². The number of aryl methyl sites for hydroxylation is 1. The summed E-state index contributed by atoms with van der Waals surface area (Å²) in [4.78, 5) is 15.9. The summed E-state index contributed by atoms with van der Waals surface area (Å²) in [7, 11) is 0. The molecule has 0 unspecified atom stereocenters. The molecule has 0 aliphatic carbocycles. The van der Waals surface area contributed by atoms with Crippen molar-refractivity contribution in [3.8, 4) is 0 Å². The van der Waals surface area contributed by atoms with Crippen LogP contribution in [0.3, 0.4) is 0 Å². The number of aromatic nitrogens is 2. The highest BCUT2D eigenvalue weighted by Crippen LogP contribution is 2.23. The Labute approximate surface area is 103 Å². The number of benzene rings is 1. The number of rotatable bonds is 2. The molecular formula is C12H12N4O2. The molecular weight excluding hydrogens is 232 g/mol. The maximum atomic E-state index is 12.0. The number of anilines is 2. The number of amides is 1. The normalized spacial score (nSPS) is 12.9. The predicted molar refractivity (Wildman–Crippen MR) is 65.6 cm³/mol. The molecule has 1 aliphatic rings. The summed E-state index contributed by atoms with van der Waals surface area (Å²) in [6.45, 7) is 2.61. The molecule has 0 spiro atoms. The van der Waals surface area contributed by atoms with E-state index in [1.54, 1.807) is 13.0 Å². The van der Waals surface area contributed by atoms with Gasteiger partial charge in [0.25, 0.3) is 5.91 Å². The van der Waals surface area contributed by atoms with Crippen LogP contribution in [0.25, 0.3) is 0 Å². The molecule has 6 heteroatoms. The molecule has 0 saturated heterocycles. The topological polar surface area (TPSA) is 80.0 Å². The molecule has 1 aromatic carbocycles. The minimum atomic E-state index is -0.242. The summed E-state index contributed by atoms with van der Waals surface area (Å²) < 4.78 is 4.84. The number of hydrogen-bond acceptors (Lipinski definition) is 5. The van der Waals surface area contributed by atoms with E-state index in [9.17, 15) is 4.79 Å². The molecule has 0 radical (unpaired) electrons. The Hall–Kier alpha value is -2.37. The maximum Gasteiger partial charge on any atom is 0.328 e. The highest BCUT2D eigenvalue weighted by Gasteiger charge is 2.15. The molecule has 18 heavy (non-hydrogen) atoms. The van der Waals surface area contributed by atoms with Crippen LogP contribution in [0, 0.1) is 6.92 Å². The Kier molecular flexibility index (Phi) is 2.47. The Balaban J connectivity index is 1.80. The highest BCUT2D eigenvalue weighted by molar-refractivity contribution is 6.03. The number of hydrogen-bond donors (Lipinski definition) is 2. The molecule has 1 aromatic heterocycles. The van der Waals surface area contributed by atoms with Crippen molar-refractivity contribution in [3.63, 3.8) is 0 Å². The van der Waals surface area contributed by atoms with Gasteiger partial charge in [0.1, 0.15) is 0 Å². The van der Waals surface area contributed by atoms with Gasteiger partial charge in [0.2, 0.25) is 0 Å². The molecule has 92 valence electrons. The molecule has 0 atom stereocenters. The van der Waals surface area contributed by atoms with Crippen molar-refractivity contribution >= 4 is 17.6 Å². The quantitative estimate of drug-likeness (QED) is 0.838. The lowest BCUT2D eigenvalue weighted by Gasteiger charge is -2.03. The first-order valence-electron chi connectivity index (χ1n) is 5.71. The van der Waals surface area contributed by atoms with Gasteiger partial charge in [0, 0.05) is 17.8 Å². The van der Waals surface area contributed by atoms with Gasteiger partial charge in [-0.3, -0.25) is 10.1 Å². The summed E-state index contributed by atoms with van der Waals surface area (Å²) in [6, 6.07) is 5.69. The van der Waals surface area contributed by atoms with E-state index in [2.05, 4.69) is 20.8 Å². The number of carbonyl (C=O) groups is 1. The van der Waals surface area contributed by atoms with E-state index in [0.717, 1.165) is 24.2 Å². The molecule has 0 bridgehead atoms. The largest absolute Gasteiger partial charge is 0.384 e. The fourth-order valence-electron chi connectivity index (χ4n) is 1.96. The fourth-order valence-corrected chi connectivity index (χ4v) is 1.96. The summed E-state index contributed by atoms with van der Waals surface area (Å²) in [5.41, 5.74) is 2.85. The zero-order valence-electron chi connectivity index (χ0n) is 9.86. The molecule has 2 aromatic rings. The Bertz CT molecular complexity index is 606. The van der Waals surface area contributed by atoms with E-state index < -0.39 is 0 Å². The van der Waals surface area contributed by atoms with Gasteiger partial charge in [0.15, 0.2) is 5.82 Å². The molecule has 0 fully saturated rings. The molecule has 6 nitrogen and oxygen atoms in total. The number of fused-ring (bicyclic) bond motifs is 1. The molecule has 0 saturated carbocycles. The van der Waals surface area contributed by atoms with Gasteiger partial charge in [-0.15, -0.1) is 0 Å². The maximum absolute atomic E-state index is 12.0. The lowest BCUT2D eigenvalue weighted by atomic mass is 10.1. The lowest BCUT2D eigenvalue weighted by molar-refractivity contribution is 0.102. The van der Waals surface area contributed by atoms with Crippen LogP contribution < -0.4 is 10.6 Å². The smallest absolute Gasteiger partial charge is 0.328 e. The summed E-state index contributed by atoms with van der Waals surface area (Å²) >= 11 is 0. The Morgan fingerprint density at radius 1 is 1.50 bits per heavy atom. The van der Waals surface area contributed by atoms with Crippen molar-refractivity contribution in [1.29, 1.82) is 0 Å². The Morgan fingerprint density at radius 2 is 2.39 bits per heavy atom. The van der Waals surface area contributed by atoms with Gasteiger partial charge < -0.3 is 9.84 Å². The minimum Gasteiger partial charge on any atom is -0.384 e. The van der Waals surface area contributed by atoms with Crippen LogP contribution in [0.2, 0.25) is 0 Å². The van der Waals surface area contributed by atoms with Crippen molar-refractivity contribution in [2.24, 2.45) is 0 Å². The van der Waals surface area contributed by atoms with Crippen LogP contribution in [-0.4, -0.2) is 22.6 Å². The molecule has 2 N–H and O–H groups in total. The standard InChI is InChI=1S/C12H12N4O2/c1-7-14-12(18-16-7)15-11(17)9-2-3-10-8(6-9)4-5-13-10/h2-3,6,13H,4-5H2,1H3,(H,14,15,16,17). The molecule has 1 amide bonds. The lowest BCUT2D eigenvalue weighted by Crippen LogP contribution is -2.12. The van der Waals surface area contributed by atoms with E-state index in [-0.39, 0.29) is 11.9 Å². The zero-order valence-corrected chi connectivity index (χ0v) is 9.86. The third kappa shape index (κ3) is 1.92. The third-order valence-electron chi connectivity index (χ3n) is 2.83. The van der Waals surface area contributed by atoms with Crippen molar-refractivity contribution in [2.45, 2.75) is 13.3 Å². The van der Waals surface area contributed by atoms with Crippen molar-refractivity contribution in [1.82, 2.24) is 10.1 Å². The van der Waals surface area contributed by atoms with Gasteiger partial charge in [-0.2, -0.15) is 4.98 Å². The second kappa shape index (κ2) is 4.14. The van der Waals surface area contributed by atoms with Crippen LogP contribution in [0.1, 0.15) is 21.7 Å². The first-order valence-corrected chi connectivity index (χ1v) is 5.71. The molecule has 2 heterocycles. The van der Waals surface area contributed by atoms with Crippen LogP contribution in [0.5, 0.6) is 0 Å². The third-order valence-corrected chi connectivity index (χ3v) is 2.83. The molecule has 1 aliphatic heterocycles. The Morgan fingerprint density at radius 3 is 3.17 bits per heavy atom. The fraction of sp³-hybridized carbons (Fsp3) is 0.250. The van der Waals surface area contributed by atoms with E-state index in [4.69, 9.17) is 4.52 Å². The van der Waals surface area contributed by atoms with Crippen LogP contribution in [0.4, 0.5) is 11.7 Å². The van der Waals surface area contributed by atoms with Crippen molar-refractivity contribution < 1.29 is 9.32 Å². The van der Waals surface area contributed by atoms with Gasteiger partial charge >= 0.3 is 6.01 Å². The average molecular weight is 244 g/mol. The first kappa shape index (κ1) is 10.8. The van der Waals surface area contributed by atoms with Crippen LogP contribution in [-0.2, 0) is 6.42 Å². The van der Waals surface area contributed by atoms with Gasteiger partial charge in [-0.25, -0.2) is 0 Å². The highest BCUT2D eigenvalue weighted by atomic mass is 16.5. The second-order valence-electron chi connectivity index (χ2n) is 4.15. The SMILES string of the molecule is Cc1noc(NC(=O)c2ccc3c(c2)CCN3)n1.